The minimum atomic E-state index is -4.12. The highest BCUT2D eigenvalue weighted by Crippen LogP contribution is 2.34. The van der Waals surface area contributed by atoms with Gasteiger partial charge in [0.1, 0.15) is 10.6 Å². The summed E-state index contributed by atoms with van der Waals surface area (Å²) in [5, 5.41) is 14.5. The van der Waals surface area contributed by atoms with Crippen molar-refractivity contribution in [2.45, 2.75) is 30.2 Å². The molecule has 8 nitrogen and oxygen atoms in total. The molecule has 3 aromatic carbocycles. The van der Waals surface area contributed by atoms with Crippen LogP contribution in [0.3, 0.4) is 0 Å². The maximum Gasteiger partial charge on any atom is 0.274 e. The van der Waals surface area contributed by atoms with Crippen molar-refractivity contribution in [2.24, 2.45) is 0 Å². The molecule has 0 saturated heterocycles. The van der Waals surface area contributed by atoms with Gasteiger partial charge in [-0.25, -0.2) is 8.42 Å². The summed E-state index contributed by atoms with van der Waals surface area (Å²) >= 11 is 6.14. The van der Waals surface area contributed by atoms with E-state index >= 15 is 0 Å². The zero-order valence-corrected chi connectivity index (χ0v) is 19.8. The molecular formula is C24H20ClN3O5S. The average Bonchev–Trinajstić information content (AvgIpc) is 3.16. The lowest BCUT2D eigenvalue weighted by molar-refractivity contribution is -0.385. The number of amides is 1. The van der Waals surface area contributed by atoms with Crippen molar-refractivity contribution in [1.82, 2.24) is 10.3 Å². The number of rotatable bonds is 6. The third-order valence-corrected chi connectivity index (χ3v) is 7.39. The Balaban J connectivity index is 1.82. The van der Waals surface area contributed by atoms with Crippen molar-refractivity contribution in [1.29, 1.82) is 0 Å². The summed E-state index contributed by atoms with van der Waals surface area (Å²) in [6.07, 6.45) is 0. The first-order valence-corrected chi connectivity index (χ1v) is 12.1. The van der Waals surface area contributed by atoms with E-state index in [1.807, 2.05) is 6.07 Å². The van der Waals surface area contributed by atoms with Crippen LogP contribution in [0.25, 0.3) is 10.9 Å². The van der Waals surface area contributed by atoms with E-state index in [1.165, 1.54) is 24.3 Å². The molecule has 0 bridgehead atoms. The van der Waals surface area contributed by atoms with E-state index in [0.717, 1.165) is 11.1 Å². The van der Waals surface area contributed by atoms with Gasteiger partial charge in [0, 0.05) is 34.1 Å². The molecule has 1 heterocycles. The Labute approximate surface area is 200 Å². The Morgan fingerprint density at radius 1 is 1.06 bits per heavy atom. The molecule has 0 atom stereocenters. The summed E-state index contributed by atoms with van der Waals surface area (Å²) in [5.74, 6) is -0.714. The SMILES string of the molecule is Cc1cc(C)cc(S(=O)(=O)c2c(C(=O)NCc3ccccc3[N+](=O)[O-])[nH]c3ccc(Cl)cc23)c1. The van der Waals surface area contributed by atoms with Gasteiger partial charge in [0.2, 0.25) is 9.84 Å². The second-order valence-corrected chi connectivity index (χ2v) is 10.2. The van der Waals surface area contributed by atoms with Crippen LogP contribution < -0.4 is 5.32 Å². The summed E-state index contributed by atoms with van der Waals surface area (Å²) in [4.78, 5) is 26.7. The maximum atomic E-state index is 13.7. The number of nitro benzene ring substituents is 1. The number of H-pyrrole nitrogens is 1. The number of benzene rings is 3. The number of nitrogens with zero attached hydrogens (tertiary/aromatic N) is 1. The van der Waals surface area contributed by atoms with E-state index in [-0.39, 0.29) is 33.1 Å². The number of hydrogen-bond acceptors (Lipinski definition) is 5. The maximum absolute atomic E-state index is 13.7. The first-order valence-electron chi connectivity index (χ1n) is 10.2. The third kappa shape index (κ3) is 4.40. The smallest absolute Gasteiger partial charge is 0.274 e. The van der Waals surface area contributed by atoms with Crippen LogP contribution in [0.1, 0.15) is 27.2 Å². The van der Waals surface area contributed by atoms with Gasteiger partial charge in [-0.1, -0.05) is 35.9 Å². The van der Waals surface area contributed by atoms with Gasteiger partial charge in [-0.2, -0.15) is 0 Å². The molecule has 0 saturated carbocycles. The van der Waals surface area contributed by atoms with Crippen molar-refractivity contribution in [2.75, 3.05) is 0 Å². The number of fused-ring (bicyclic) bond motifs is 1. The summed E-state index contributed by atoms with van der Waals surface area (Å²) in [5.41, 5.74) is 1.92. The number of aromatic amines is 1. The van der Waals surface area contributed by atoms with Crippen LogP contribution in [0.15, 0.2) is 70.5 Å². The van der Waals surface area contributed by atoms with Gasteiger partial charge in [-0.05, 0) is 55.3 Å². The minimum absolute atomic E-state index is 0.0543. The van der Waals surface area contributed by atoms with E-state index < -0.39 is 20.7 Å². The fourth-order valence-corrected chi connectivity index (χ4v) is 5.85. The summed E-state index contributed by atoms with van der Waals surface area (Å²) < 4.78 is 27.5. The molecule has 1 aromatic heterocycles. The highest BCUT2D eigenvalue weighted by molar-refractivity contribution is 7.91. The lowest BCUT2D eigenvalue weighted by Gasteiger charge is -2.10. The molecule has 34 heavy (non-hydrogen) atoms. The number of aryl methyl sites for hydroxylation is 2. The number of hydrogen-bond donors (Lipinski definition) is 2. The highest BCUT2D eigenvalue weighted by Gasteiger charge is 2.30. The lowest BCUT2D eigenvalue weighted by atomic mass is 10.2. The first kappa shape index (κ1) is 23.5. The summed E-state index contributed by atoms with van der Waals surface area (Å²) in [6.45, 7) is 3.42. The molecule has 0 fully saturated rings. The number of halogens is 1. The fraction of sp³-hybridized carbons (Fsp3) is 0.125. The molecule has 1 amide bonds. The van der Waals surface area contributed by atoms with E-state index in [1.54, 1.807) is 44.2 Å². The monoisotopic (exact) mass is 497 g/mol. The second-order valence-electron chi connectivity index (χ2n) is 7.91. The van der Waals surface area contributed by atoms with Gasteiger partial charge in [0.05, 0.1) is 9.82 Å². The zero-order valence-electron chi connectivity index (χ0n) is 18.3. The van der Waals surface area contributed by atoms with Gasteiger partial charge in [0.15, 0.2) is 0 Å². The van der Waals surface area contributed by atoms with Gasteiger partial charge in [-0.15, -0.1) is 0 Å². The molecule has 0 unspecified atom stereocenters. The predicted octanol–water partition coefficient (Wildman–Crippen LogP) is 5.11. The molecular weight excluding hydrogens is 478 g/mol. The van der Waals surface area contributed by atoms with Crippen LogP contribution in [-0.2, 0) is 16.4 Å². The number of carbonyl (C=O) groups is 1. The quantitative estimate of drug-likeness (QED) is 0.283. The Kier molecular flexibility index (Phi) is 6.16. The normalized spacial score (nSPS) is 11.5. The van der Waals surface area contributed by atoms with Gasteiger partial charge in [0.25, 0.3) is 11.6 Å². The Bertz CT molecular complexity index is 1540. The number of nitrogens with one attached hydrogen (secondary N) is 2. The number of nitro groups is 1. The van der Waals surface area contributed by atoms with Gasteiger partial charge >= 0.3 is 0 Å². The second kappa shape index (κ2) is 8.92. The van der Waals surface area contributed by atoms with Gasteiger partial charge < -0.3 is 10.3 Å². The standard InChI is InChI=1S/C24H20ClN3O5S/c1-14-9-15(2)11-18(10-14)34(32,33)23-19-12-17(25)7-8-20(19)27-22(23)24(29)26-13-16-5-3-4-6-21(16)28(30)31/h3-12,27H,13H2,1-2H3,(H,26,29). The topological polar surface area (TPSA) is 122 Å². The molecule has 4 rings (SSSR count). The van der Waals surface area contributed by atoms with Crippen molar-refractivity contribution in [3.8, 4) is 0 Å². The molecule has 0 aliphatic heterocycles. The van der Waals surface area contributed by atoms with E-state index in [0.29, 0.717) is 16.1 Å². The molecule has 174 valence electrons. The van der Waals surface area contributed by atoms with Crippen LogP contribution in [0.4, 0.5) is 5.69 Å². The van der Waals surface area contributed by atoms with Crippen molar-refractivity contribution < 1.29 is 18.1 Å². The first-order chi connectivity index (χ1) is 16.1. The van der Waals surface area contributed by atoms with E-state index in [2.05, 4.69) is 10.3 Å². The van der Waals surface area contributed by atoms with Crippen LogP contribution >= 0.6 is 11.6 Å². The highest BCUT2D eigenvalue weighted by atomic mass is 35.5. The Hall–Kier alpha value is -3.69. The molecule has 0 aliphatic carbocycles. The average molecular weight is 498 g/mol. The van der Waals surface area contributed by atoms with Crippen LogP contribution in [0.2, 0.25) is 5.02 Å². The third-order valence-electron chi connectivity index (χ3n) is 5.34. The Morgan fingerprint density at radius 3 is 2.41 bits per heavy atom. The number of para-hydroxylation sites is 1. The van der Waals surface area contributed by atoms with Crippen molar-refractivity contribution in [3.63, 3.8) is 0 Å². The minimum Gasteiger partial charge on any atom is -0.349 e. The summed E-state index contributed by atoms with van der Waals surface area (Å²) in [6, 6.07) is 15.6. The Morgan fingerprint density at radius 2 is 1.74 bits per heavy atom. The number of aromatic nitrogens is 1. The molecule has 0 aliphatic rings. The van der Waals surface area contributed by atoms with Crippen LogP contribution in [-0.4, -0.2) is 24.2 Å². The zero-order chi connectivity index (χ0) is 24.6. The van der Waals surface area contributed by atoms with E-state index in [9.17, 15) is 23.3 Å². The predicted molar refractivity (Wildman–Crippen MR) is 129 cm³/mol. The van der Waals surface area contributed by atoms with Crippen LogP contribution in [0, 0.1) is 24.0 Å². The molecule has 0 spiro atoms. The molecule has 4 aromatic rings. The number of carbonyl (C=O) groups excluding carboxylic acids is 1. The van der Waals surface area contributed by atoms with Crippen molar-refractivity contribution >= 4 is 43.9 Å². The van der Waals surface area contributed by atoms with E-state index in [4.69, 9.17) is 11.6 Å². The lowest BCUT2D eigenvalue weighted by Crippen LogP contribution is -2.25. The summed E-state index contributed by atoms with van der Waals surface area (Å²) in [7, 11) is -4.12. The molecule has 10 heteroatoms. The molecule has 2 N–H and O–H groups in total. The van der Waals surface area contributed by atoms with Crippen molar-refractivity contribution in [3.05, 3.63) is 98.2 Å². The van der Waals surface area contributed by atoms with Gasteiger partial charge in [-0.3, -0.25) is 14.9 Å². The largest absolute Gasteiger partial charge is 0.349 e. The molecule has 0 radical (unpaired) electrons. The van der Waals surface area contributed by atoms with Crippen LogP contribution in [0.5, 0.6) is 0 Å². The number of sulfone groups is 1. The fourth-order valence-electron chi connectivity index (χ4n) is 3.89.